The molecule has 0 bridgehead atoms. The number of anilines is 1. The van der Waals surface area contributed by atoms with Crippen molar-refractivity contribution >= 4 is 26.1 Å². The fourth-order valence-corrected chi connectivity index (χ4v) is 4.62. The minimum atomic E-state index is -0.808. The van der Waals surface area contributed by atoms with Crippen molar-refractivity contribution in [3.8, 4) is 21.6 Å². The van der Waals surface area contributed by atoms with Crippen LogP contribution in [0.3, 0.4) is 0 Å². The minimum absolute atomic E-state index is 0.319. The Hall–Kier alpha value is -2.96. The van der Waals surface area contributed by atoms with Gasteiger partial charge in [-0.05, 0) is 0 Å². The van der Waals surface area contributed by atoms with Gasteiger partial charge < -0.3 is 0 Å². The third-order valence-electron chi connectivity index (χ3n) is 3.94. The number of furan rings is 1. The molecule has 0 aliphatic carbocycles. The molecule has 3 aromatic heterocycles. The second kappa shape index (κ2) is 6.98. The Kier molecular flexibility index (Phi) is 4.51. The van der Waals surface area contributed by atoms with Gasteiger partial charge in [-0.3, -0.25) is 0 Å². The normalized spacial score (nSPS) is 10.9. The summed E-state index contributed by atoms with van der Waals surface area (Å²) in [5.74, 6) is -1.47. The molecule has 0 spiro atoms. The van der Waals surface area contributed by atoms with E-state index in [1.807, 2.05) is 25.2 Å². The molecule has 0 unspecified atom stereocenters. The van der Waals surface area contributed by atoms with Gasteiger partial charge in [0, 0.05) is 0 Å². The molecule has 27 heavy (non-hydrogen) atoms. The van der Waals surface area contributed by atoms with E-state index >= 15 is 0 Å². The van der Waals surface area contributed by atoms with Gasteiger partial charge in [-0.25, -0.2) is 0 Å². The molecule has 0 saturated heterocycles. The maximum absolute atomic E-state index is 13.7. The van der Waals surface area contributed by atoms with Gasteiger partial charge in [0.1, 0.15) is 0 Å². The monoisotopic (exact) mass is 433 g/mol. The van der Waals surface area contributed by atoms with Crippen molar-refractivity contribution in [2.45, 2.75) is 0 Å². The van der Waals surface area contributed by atoms with E-state index in [1.54, 1.807) is 23.1 Å². The Labute approximate surface area is 159 Å². The van der Waals surface area contributed by atoms with Gasteiger partial charge in [0.05, 0.1) is 0 Å². The van der Waals surface area contributed by atoms with E-state index in [2.05, 4.69) is 10.4 Å². The molecule has 136 valence electrons. The Balaban J connectivity index is 1.60. The molecule has 4 aromatic rings. The summed E-state index contributed by atoms with van der Waals surface area (Å²) in [5.41, 5.74) is 1.12. The summed E-state index contributed by atoms with van der Waals surface area (Å²) in [6.07, 6.45) is 1.58. The fourth-order valence-electron chi connectivity index (χ4n) is 2.63. The number of para-hydroxylation sites is 1. The number of carbonyl (C=O) groups excluding carboxylic acids is 1. The number of rotatable bonds is 4. The molecule has 0 aliphatic rings. The van der Waals surface area contributed by atoms with Crippen LogP contribution in [0.5, 0.6) is 0 Å². The molecular weight excluding hydrogens is 419 g/mol. The fraction of sp³-hybridized carbons (Fsp3) is 0.0526. The summed E-state index contributed by atoms with van der Waals surface area (Å²) >= 11 is -0.319. The van der Waals surface area contributed by atoms with Crippen molar-refractivity contribution in [3.05, 3.63) is 70.9 Å². The van der Waals surface area contributed by atoms with Crippen LogP contribution in [0.4, 0.5) is 14.5 Å². The van der Waals surface area contributed by atoms with Gasteiger partial charge in [0.15, 0.2) is 0 Å². The van der Waals surface area contributed by atoms with Crippen molar-refractivity contribution in [3.63, 3.8) is 0 Å². The average Bonchev–Trinajstić information content (AvgIpc) is 3.37. The van der Waals surface area contributed by atoms with Crippen LogP contribution in [0.15, 0.2) is 59.2 Å². The van der Waals surface area contributed by atoms with Gasteiger partial charge in [-0.1, -0.05) is 0 Å². The first kappa shape index (κ1) is 17.5. The van der Waals surface area contributed by atoms with Crippen LogP contribution in [0, 0.1) is 11.6 Å². The zero-order chi connectivity index (χ0) is 19.0. The topological polar surface area (TPSA) is 60.1 Å². The summed E-state index contributed by atoms with van der Waals surface area (Å²) in [7, 11) is 1.81. The van der Waals surface area contributed by atoms with Crippen LogP contribution in [-0.4, -0.2) is 30.2 Å². The molecule has 5 nitrogen and oxygen atoms in total. The first-order chi connectivity index (χ1) is 13.0. The van der Waals surface area contributed by atoms with Crippen LogP contribution in [0.2, 0.25) is 0 Å². The van der Waals surface area contributed by atoms with E-state index < -0.39 is 23.2 Å². The predicted octanol–water partition coefficient (Wildman–Crippen LogP) is 3.93. The molecule has 0 fully saturated rings. The molecule has 0 atom stereocenters. The van der Waals surface area contributed by atoms with Crippen molar-refractivity contribution in [1.29, 1.82) is 0 Å². The van der Waals surface area contributed by atoms with Crippen molar-refractivity contribution in [2.24, 2.45) is 7.05 Å². The standard InChI is InChI=1S/C19H13F2N3O2Se/c1-24-14(10-13(23-24)15-6-3-9-26-15)16-7-8-17(27-16)19(25)22-18-11(20)4-2-5-12(18)21/h2-10H,1H3,(H,22,25). The number of nitrogens with zero attached hydrogens (tertiary/aromatic N) is 2. The van der Waals surface area contributed by atoms with Crippen LogP contribution in [0.1, 0.15) is 9.23 Å². The van der Waals surface area contributed by atoms with Gasteiger partial charge in [-0.15, -0.1) is 0 Å². The average molecular weight is 432 g/mol. The van der Waals surface area contributed by atoms with Crippen LogP contribution >= 0.6 is 0 Å². The Morgan fingerprint density at radius 3 is 2.63 bits per heavy atom. The molecule has 1 amide bonds. The number of hydrogen-bond acceptors (Lipinski definition) is 3. The molecule has 0 aliphatic heterocycles. The Morgan fingerprint density at radius 2 is 1.93 bits per heavy atom. The SMILES string of the molecule is Cn1nc(-c2ccco2)cc1-c1ccc(C(=O)Nc2c(F)cccc2F)[se]1. The first-order valence-corrected chi connectivity index (χ1v) is 9.68. The number of carbonyl (C=O) groups is 1. The number of benzene rings is 1. The summed E-state index contributed by atoms with van der Waals surface area (Å²) < 4.78 is 35.9. The number of hydrogen-bond donors (Lipinski definition) is 1. The van der Waals surface area contributed by atoms with Crippen LogP contribution < -0.4 is 5.32 Å². The molecule has 1 aromatic carbocycles. The van der Waals surface area contributed by atoms with Gasteiger partial charge in [0.25, 0.3) is 0 Å². The number of aromatic nitrogens is 2. The summed E-state index contributed by atoms with van der Waals surface area (Å²) in [5, 5.41) is 6.75. The van der Waals surface area contributed by atoms with E-state index in [0.29, 0.717) is 15.9 Å². The zero-order valence-corrected chi connectivity index (χ0v) is 15.8. The van der Waals surface area contributed by atoms with E-state index in [-0.39, 0.29) is 14.5 Å². The van der Waals surface area contributed by atoms with Crippen molar-refractivity contribution in [1.82, 2.24) is 9.78 Å². The summed E-state index contributed by atoms with van der Waals surface area (Å²) in [4.78, 5) is 12.4. The molecule has 3 heterocycles. The Morgan fingerprint density at radius 1 is 1.15 bits per heavy atom. The maximum atomic E-state index is 13.7. The third kappa shape index (κ3) is 3.37. The summed E-state index contributed by atoms with van der Waals surface area (Å²) in [6.45, 7) is 0. The number of halogens is 2. The number of amides is 1. The van der Waals surface area contributed by atoms with Crippen molar-refractivity contribution < 1.29 is 18.0 Å². The molecule has 1 N–H and O–H groups in total. The van der Waals surface area contributed by atoms with Gasteiger partial charge >= 0.3 is 159 Å². The second-order valence-corrected chi connectivity index (χ2v) is 8.00. The van der Waals surface area contributed by atoms with Gasteiger partial charge in [0.2, 0.25) is 0 Å². The van der Waals surface area contributed by atoms with E-state index in [1.165, 1.54) is 6.07 Å². The zero-order valence-electron chi connectivity index (χ0n) is 14.1. The number of nitrogens with one attached hydrogen (secondary N) is 1. The second-order valence-electron chi connectivity index (χ2n) is 5.73. The van der Waals surface area contributed by atoms with E-state index in [9.17, 15) is 13.6 Å². The quantitative estimate of drug-likeness (QED) is 0.497. The van der Waals surface area contributed by atoms with Gasteiger partial charge in [-0.2, -0.15) is 0 Å². The predicted molar refractivity (Wildman–Crippen MR) is 97.6 cm³/mol. The van der Waals surface area contributed by atoms with Crippen molar-refractivity contribution in [2.75, 3.05) is 5.32 Å². The molecule has 8 heteroatoms. The molecule has 0 saturated carbocycles. The number of aryl methyl sites for hydroxylation is 1. The molecule has 0 radical (unpaired) electrons. The Bertz CT molecular complexity index is 1100. The van der Waals surface area contributed by atoms with Crippen LogP contribution in [-0.2, 0) is 7.05 Å². The van der Waals surface area contributed by atoms with Crippen LogP contribution in [0.25, 0.3) is 21.6 Å². The van der Waals surface area contributed by atoms with E-state index in [4.69, 9.17) is 4.42 Å². The molecular formula is C19H13F2N3O2Se. The third-order valence-corrected chi connectivity index (χ3v) is 6.26. The summed E-state index contributed by atoms with van der Waals surface area (Å²) in [6, 6.07) is 12.4. The first-order valence-electron chi connectivity index (χ1n) is 7.96. The molecule has 4 rings (SSSR count). The van der Waals surface area contributed by atoms with E-state index in [0.717, 1.165) is 22.3 Å².